The largest absolute Gasteiger partial charge is 0.467 e. The average molecular weight is 383 g/mol. The molecule has 0 amide bonds. The number of aromatic nitrogens is 3. The van der Waals surface area contributed by atoms with Gasteiger partial charge in [0.15, 0.2) is 5.52 Å². The van der Waals surface area contributed by atoms with E-state index in [4.69, 9.17) is 4.74 Å². The van der Waals surface area contributed by atoms with Crippen LogP contribution in [0.25, 0.3) is 22.0 Å². The van der Waals surface area contributed by atoms with Crippen LogP contribution in [0.1, 0.15) is 25.6 Å². The molecule has 1 aliphatic heterocycles. The Hall–Kier alpha value is -2.54. The van der Waals surface area contributed by atoms with Gasteiger partial charge in [-0.1, -0.05) is 44.2 Å². The number of esters is 1. The Morgan fingerprint density at radius 3 is 2.78 bits per heavy atom. The molecule has 0 radical (unpaired) electrons. The summed E-state index contributed by atoms with van der Waals surface area (Å²) in [4.78, 5) is 25.4. The van der Waals surface area contributed by atoms with E-state index >= 15 is 0 Å². The highest BCUT2D eigenvalue weighted by molar-refractivity contribution is 7.99. The molecular weight excluding hydrogens is 362 g/mol. The Morgan fingerprint density at radius 2 is 2.11 bits per heavy atom. The maximum absolute atomic E-state index is 13.2. The molecule has 0 aliphatic carbocycles. The lowest BCUT2D eigenvalue weighted by atomic mass is 9.98. The van der Waals surface area contributed by atoms with Gasteiger partial charge in [0.25, 0.3) is 5.56 Å². The van der Waals surface area contributed by atoms with Crippen molar-refractivity contribution in [3.05, 3.63) is 46.4 Å². The molecule has 7 heteroatoms. The van der Waals surface area contributed by atoms with Crippen LogP contribution in [-0.4, -0.2) is 33.6 Å². The summed E-state index contributed by atoms with van der Waals surface area (Å²) in [5.74, 6) is 0.501. The molecule has 0 fully saturated rings. The summed E-state index contributed by atoms with van der Waals surface area (Å²) in [7, 11) is 1.35. The van der Waals surface area contributed by atoms with E-state index in [0.29, 0.717) is 17.2 Å². The van der Waals surface area contributed by atoms with E-state index in [-0.39, 0.29) is 5.56 Å². The predicted octanol–water partition coefficient (Wildman–Crippen LogP) is 3.41. The number of rotatable bonds is 4. The van der Waals surface area contributed by atoms with Crippen LogP contribution in [0, 0.1) is 5.92 Å². The zero-order valence-electron chi connectivity index (χ0n) is 15.5. The van der Waals surface area contributed by atoms with Crippen LogP contribution >= 0.6 is 11.8 Å². The van der Waals surface area contributed by atoms with E-state index in [9.17, 15) is 9.59 Å². The van der Waals surface area contributed by atoms with Crippen LogP contribution in [0.4, 0.5) is 0 Å². The quantitative estimate of drug-likeness (QED) is 0.699. The number of ether oxygens (including phenoxy) is 1. The highest BCUT2D eigenvalue weighted by Gasteiger charge is 2.35. The van der Waals surface area contributed by atoms with Crippen molar-refractivity contribution < 1.29 is 9.53 Å². The summed E-state index contributed by atoms with van der Waals surface area (Å²) >= 11 is 1.52. The van der Waals surface area contributed by atoms with Crippen LogP contribution in [0.3, 0.4) is 0 Å². The zero-order chi connectivity index (χ0) is 19.1. The first kappa shape index (κ1) is 17.9. The number of benzene rings is 1. The molecule has 0 unspecified atom stereocenters. The summed E-state index contributed by atoms with van der Waals surface area (Å²) in [6.07, 6.45) is 0.796. The van der Waals surface area contributed by atoms with Crippen molar-refractivity contribution in [1.82, 2.24) is 14.8 Å². The van der Waals surface area contributed by atoms with Crippen molar-refractivity contribution in [1.29, 1.82) is 0 Å². The molecule has 1 aliphatic rings. The first-order valence-electron chi connectivity index (χ1n) is 8.94. The van der Waals surface area contributed by atoms with Crippen LogP contribution < -0.4 is 5.56 Å². The molecule has 3 heterocycles. The van der Waals surface area contributed by atoms with Gasteiger partial charge in [-0.2, -0.15) is 5.10 Å². The lowest BCUT2D eigenvalue weighted by Gasteiger charge is -2.15. The number of hydrogen-bond acceptors (Lipinski definition) is 5. The van der Waals surface area contributed by atoms with Gasteiger partial charge in [0.1, 0.15) is 6.04 Å². The van der Waals surface area contributed by atoms with Gasteiger partial charge in [0, 0.05) is 22.4 Å². The van der Waals surface area contributed by atoms with Crippen LogP contribution in [0.15, 0.2) is 40.2 Å². The van der Waals surface area contributed by atoms with Gasteiger partial charge < -0.3 is 4.74 Å². The second-order valence-corrected chi connectivity index (χ2v) is 8.10. The molecule has 4 rings (SSSR count). The number of aromatic amines is 1. The van der Waals surface area contributed by atoms with E-state index in [0.717, 1.165) is 33.7 Å². The molecule has 3 aromatic rings. The van der Waals surface area contributed by atoms with Crippen molar-refractivity contribution in [2.45, 2.75) is 31.3 Å². The first-order valence-corrected chi connectivity index (χ1v) is 9.93. The Bertz CT molecular complexity index is 1070. The number of fused-ring (bicyclic) bond motifs is 2. The summed E-state index contributed by atoms with van der Waals surface area (Å²) in [6, 6.07) is 9.34. The molecule has 1 N–H and O–H groups in total. The molecule has 6 nitrogen and oxygen atoms in total. The van der Waals surface area contributed by atoms with Crippen molar-refractivity contribution in [2.24, 2.45) is 5.92 Å². The van der Waals surface area contributed by atoms with E-state index in [2.05, 4.69) is 24.0 Å². The molecule has 0 saturated heterocycles. The molecule has 140 valence electrons. The number of nitrogens with one attached hydrogen (secondary N) is 1. The van der Waals surface area contributed by atoms with Crippen LogP contribution in [-0.2, 0) is 16.0 Å². The van der Waals surface area contributed by atoms with Crippen molar-refractivity contribution in [2.75, 3.05) is 12.9 Å². The smallest absolute Gasteiger partial charge is 0.329 e. The molecule has 0 saturated carbocycles. The summed E-state index contributed by atoms with van der Waals surface area (Å²) in [5, 5.41) is 9.07. The molecule has 1 aromatic carbocycles. The van der Waals surface area contributed by atoms with E-state index in [1.165, 1.54) is 18.9 Å². The number of carbonyl (C=O) groups excluding carboxylic acids is 1. The lowest BCUT2D eigenvalue weighted by molar-refractivity contribution is -0.143. The molecule has 27 heavy (non-hydrogen) atoms. The number of carbonyl (C=O) groups is 1. The average Bonchev–Trinajstić information content (AvgIpc) is 3.27. The molecule has 0 spiro atoms. The van der Waals surface area contributed by atoms with Gasteiger partial charge in [-0.15, -0.1) is 11.8 Å². The normalized spacial score (nSPS) is 16.1. The number of H-pyrrole nitrogens is 1. The van der Waals surface area contributed by atoms with Crippen LogP contribution in [0.2, 0.25) is 0 Å². The second kappa shape index (κ2) is 6.88. The molecular formula is C20H21N3O3S. The van der Waals surface area contributed by atoms with Gasteiger partial charge in [-0.25, -0.2) is 4.79 Å². The summed E-state index contributed by atoms with van der Waals surface area (Å²) in [5.41, 5.74) is 3.07. The fourth-order valence-corrected chi connectivity index (χ4v) is 4.95. The Labute approximate surface area is 160 Å². The highest BCUT2D eigenvalue weighted by Crippen LogP contribution is 2.43. The third kappa shape index (κ3) is 2.86. The molecule has 2 aromatic heterocycles. The zero-order valence-corrected chi connectivity index (χ0v) is 16.3. The number of pyridine rings is 1. The minimum absolute atomic E-state index is 0.244. The fraction of sp³-hybridized carbons (Fsp3) is 0.350. The van der Waals surface area contributed by atoms with Crippen molar-refractivity contribution >= 4 is 28.6 Å². The monoisotopic (exact) mass is 383 g/mol. The topological polar surface area (TPSA) is 77.0 Å². The third-order valence-electron chi connectivity index (χ3n) is 4.78. The maximum atomic E-state index is 13.2. The van der Waals surface area contributed by atoms with Crippen LogP contribution in [0.5, 0.6) is 0 Å². The first-order chi connectivity index (χ1) is 13.0. The molecule has 1 atom stereocenters. The van der Waals surface area contributed by atoms with Gasteiger partial charge in [0.05, 0.1) is 12.1 Å². The van der Waals surface area contributed by atoms with E-state index in [1.807, 2.05) is 30.3 Å². The Morgan fingerprint density at radius 1 is 1.37 bits per heavy atom. The molecule has 0 bridgehead atoms. The predicted molar refractivity (Wildman–Crippen MR) is 106 cm³/mol. The minimum Gasteiger partial charge on any atom is -0.467 e. The van der Waals surface area contributed by atoms with Crippen molar-refractivity contribution in [3.63, 3.8) is 0 Å². The maximum Gasteiger partial charge on any atom is 0.329 e. The summed E-state index contributed by atoms with van der Waals surface area (Å²) < 4.78 is 6.48. The minimum atomic E-state index is -0.625. The number of hydrogen-bond donors (Lipinski definition) is 1. The lowest BCUT2D eigenvalue weighted by Crippen LogP contribution is -2.30. The Balaban J connectivity index is 2.08. The third-order valence-corrected chi connectivity index (χ3v) is 5.94. The number of thioether (sulfide) groups is 1. The number of methoxy groups -OCH3 is 1. The second-order valence-electron chi connectivity index (χ2n) is 7.10. The van der Waals surface area contributed by atoms with E-state index < -0.39 is 12.0 Å². The Kier molecular flexibility index (Phi) is 4.55. The van der Waals surface area contributed by atoms with Gasteiger partial charge in [-0.05, 0) is 17.9 Å². The van der Waals surface area contributed by atoms with Gasteiger partial charge in [0.2, 0.25) is 0 Å². The fourth-order valence-electron chi connectivity index (χ4n) is 3.63. The SMILES string of the molecule is COC(=O)[C@@H]1CSc2c(-c3ccccc3)c3c(CC(C)C)[nH]nc3c(=O)n21. The van der Waals surface area contributed by atoms with Crippen molar-refractivity contribution in [3.8, 4) is 11.1 Å². The summed E-state index contributed by atoms with van der Waals surface area (Å²) in [6.45, 7) is 4.27. The van der Waals surface area contributed by atoms with Gasteiger partial charge in [-0.3, -0.25) is 14.5 Å². The number of nitrogens with zero attached hydrogens (tertiary/aromatic N) is 2. The van der Waals surface area contributed by atoms with Gasteiger partial charge >= 0.3 is 5.97 Å². The van der Waals surface area contributed by atoms with E-state index in [1.54, 1.807) is 4.57 Å². The highest BCUT2D eigenvalue weighted by atomic mass is 32.2. The standard InChI is InChI=1S/C20H21N3O3S/c1-11(2)9-13-16-15(12-7-5-4-6-8-12)19-23(18(24)17(16)22-21-13)14(10-27-19)20(25)26-3/h4-8,11,14H,9-10H2,1-3H3,(H,21,22)/t14-/m0/s1.